The van der Waals surface area contributed by atoms with Crippen molar-refractivity contribution in [2.24, 2.45) is 5.41 Å². The summed E-state index contributed by atoms with van der Waals surface area (Å²) >= 11 is 0. The average molecular weight is 432 g/mol. The van der Waals surface area contributed by atoms with Crippen molar-refractivity contribution < 1.29 is 28.9 Å². The predicted octanol–water partition coefficient (Wildman–Crippen LogP) is 4.40. The molecule has 31 heavy (non-hydrogen) atoms. The first-order valence-electron chi connectivity index (χ1n) is 10.1. The van der Waals surface area contributed by atoms with Gasteiger partial charge in [0.05, 0.1) is 12.0 Å². The van der Waals surface area contributed by atoms with E-state index in [4.69, 9.17) is 4.74 Å². The molecule has 0 saturated carbocycles. The van der Waals surface area contributed by atoms with E-state index in [0.717, 1.165) is 5.56 Å². The minimum atomic E-state index is -1.42. The maximum atomic E-state index is 14.0. The van der Waals surface area contributed by atoms with Crippen LogP contribution >= 0.6 is 0 Å². The van der Waals surface area contributed by atoms with Gasteiger partial charge in [-0.1, -0.05) is 42.5 Å². The molecule has 1 amide bonds. The number of nitrogens with one attached hydrogen (secondary N) is 1. The lowest BCUT2D eigenvalue weighted by atomic mass is 9.82. The third kappa shape index (κ3) is 7.07. The molecular weight excluding hydrogens is 401 g/mol. The predicted molar refractivity (Wildman–Crippen MR) is 116 cm³/mol. The first-order valence-corrected chi connectivity index (χ1v) is 10.1. The molecule has 2 unspecified atom stereocenters. The normalized spacial score (nSPS) is 14.4. The van der Waals surface area contributed by atoms with Crippen LogP contribution in [-0.2, 0) is 16.0 Å². The number of carbonyl (C=O) groups is 2. The number of amides is 1. The Hall–Kier alpha value is -2.93. The molecule has 2 aromatic carbocycles. The SMILES string of the molecule is CC(C)(C)OC(=O)NC(Cc1ccc(-c2ccccc2F)cc1)CC(C)(CO)C(=O)O. The van der Waals surface area contributed by atoms with Crippen LogP contribution < -0.4 is 5.32 Å². The zero-order chi connectivity index (χ0) is 23.2. The highest BCUT2D eigenvalue weighted by Crippen LogP contribution is 2.27. The summed E-state index contributed by atoms with van der Waals surface area (Å²) in [5, 5.41) is 21.9. The van der Waals surface area contributed by atoms with Crippen molar-refractivity contribution in [3.05, 3.63) is 59.9 Å². The Bertz CT molecular complexity index is 907. The largest absolute Gasteiger partial charge is 0.481 e. The number of carboxylic acid groups (broad SMARTS) is 1. The van der Waals surface area contributed by atoms with E-state index < -0.39 is 35.7 Å². The summed E-state index contributed by atoms with van der Waals surface area (Å²) in [5.41, 5.74) is -0.108. The number of carbonyl (C=O) groups excluding carboxylic acids is 1. The van der Waals surface area contributed by atoms with Gasteiger partial charge in [-0.15, -0.1) is 0 Å². The molecule has 7 heteroatoms. The van der Waals surface area contributed by atoms with Crippen LogP contribution in [0.2, 0.25) is 0 Å². The second-order valence-electron chi connectivity index (χ2n) is 8.95. The number of alkyl carbamates (subject to hydrolysis) is 1. The molecule has 0 spiro atoms. The third-order valence-electron chi connectivity index (χ3n) is 4.90. The highest BCUT2D eigenvalue weighted by molar-refractivity contribution is 5.74. The van der Waals surface area contributed by atoms with Crippen LogP contribution in [0.4, 0.5) is 9.18 Å². The monoisotopic (exact) mass is 431 g/mol. The van der Waals surface area contributed by atoms with E-state index >= 15 is 0 Å². The fourth-order valence-corrected chi connectivity index (χ4v) is 3.21. The fraction of sp³-hybridized carbons (Fsp3) is 0.417. The van der Waals surface area contributed by atoms with Gasteiger partial charge in [-0.25, -0.2) is 9.18 Å². The maximum Gasteiger partial charge on any atom is 0.407 e. The summed E-state index contributed by atoms with van der Waals surface area (Å²) in [7, 11) is 0. The Morgan fingerprint density at radius 3 is 2.19 bits per heavy atom. The van der Waals surface area contributed by atoms with Crippen LogP contribution in [-0.4, -0.2) is 40.5 Å². The molecule has 2 rings (SSSR count). The van der Waals surface area contributed by atoms with Gasteiger partial charge in [0, 0.05) is 11.6 Å². The minimum absolute atomic E-state index is 0.00708. The number of ether oxygens (including phenoxy) is 1. The Labute approximate surface area is 182 Å². The number of aliphatic hydroxyl groups is 1. The first-order chi connectivity index (χ1) is 14.4. The summed E-state index contributed by atoms with van der Waals surface area (Å²) in [6.07, 6.45) is -0.335. The van der Waals surface area contributed by atoms with Crippen molar-refractivity contribution in [1.82, 2.24) is 5.32 Å². The topological polar surface area (TPSA) is 95.9 Å². The Morgan fingerprint density at radius 1 is 1.06 bits per heavy atom. The van der Waals surface area contributed by atoms with Crippen molar-refractivity contribution in [3.63, 3.8) is 0 Å². The third-order valence-corrected chi connectivity index (χ3v) is 4.90. The number of hydrogen-bond donors (Lipinski definition) is 3. The van der Waals surface area contributed by atoms with Crippen LogP contribution in [0.1, 0.15) is 39.7 Å². The molecule has 2 atom stereocenters. The number of carboxylic acids is 1. The molecule has 0 aliphatic heterocycles. The molecule has 0 aliphatic rings. The molecular formula is C24H30FNO5. The van der Waals surface area contributed by atoms with Gasteiger partial charge >= 0.3 is 12.1 Å². The molecule has 0 fully saturated rings. The van der Waals surface area contributed by atoms with Gasteiger partial charge in [0.1, 0.15) is 11.4 Å². The number of rotatable bonds is 8. The number of hydrogen-bond acceptors (Lipinski definition) is 4. The lowest BCUT2D eigenvalue weighted by Crippen LogP contribution is -2.45. The molecule has 0 aromatic heterocycles. The average Bonchev–Trinajstić information content (AvgIpc) is 2.67. The molecule has 0 heterocycles. The van der Waals surface area contributed by atoms with Crippen LogP contribution in [0, 0.1) is 11.2 Å². The number of aliphatic hydroxyl groups excluding tert-OH is 1. The Balaban J connectivity index is 2.22. The molecule has 2 aromatic rings. The van der Waals surface area contributed by atoms with Gasteiger partial charge in [0.2, 0.25) is 0 Å². The van der Waals surface area contributed by atoms with E-state index in [1.807, 2.05) is 12.1 Å². The van der Waals surface area contributed by atoms with Gasteiger partial charge in [-0.2, -0.15) is 0 Å². The van der Waals surface area contributed by atoms with Crippen molar-refractivity contribution >= 4 is 12.1 Å². The maximum absolute atomic E-state index is 14.0. The second kappa shape index (κ2) is 9.92. The molecule has 0 bridgehead atoms. The van der Waals surface area contributed by atoms with Gasteiger partial charge in [-0.3, -0.25) is 4.79 Å². The fourth-order valence-electron chi connectivity index (χ4n) is 3.21. The highest BCUT2D eigenvalue weighted by atomic mass is 19.1. The standard InChI is InChI=1S/C24H30FNO5/c1-23(2,3)31-22(30)26-18(14-24(4,15-27)21(28)29)13-16-9-11-17(12-10-16)19-7-5-6-8-20(19)25/h5-12,18,27H,13-15H2,1-4H3,(H,26,30)(H,28,29). The summed E-state index contributed by atoms with van der Waals surface area (Å²) in [6.45, 7) is 6.07. The number of aliphatic carboxylic acids is 1. The van der Waals surface area contributed by atoms with Gasteiger partial charge in [0.15, 0.2) is 0 Å². The summed E-state index contributed by atoms with van der Waals surface area (Å²) in [5.74, 6) is -1.47. The lowest BCUT2D eigenvalue weighted by molar-refractivity contribution is -0.151. The first kappa shape index (κ1) is 24.3. The number of halogens is 1. The Kier molecular flexibility index (Phi) is 7.79. The van der Waals surface area contributed by atoms with Crippen LogP contribution in [0.25, 0.3) is 11.1 Å². The van der Waals surface area contributed by atoms with E-state index in [0.29, 0.717) is 17.5 Å². The van der Waals surface area contributed by atoms with Crippen molar-refractivity contribution in [2.45, 2.75) is 52.2 Å². The zero-order valence-electron chi connectivity index (χ0n) is 18.3. The number of benzene rings is 2. The molecule has 0 saturated heterocycles. The van der Waals surface area contributed by atoms with E-state index in [2.05, 4.69) is 5.32 Å². The van der Waals surface area contributed by atoms with Crippen LogP contribution in [0.3, 0.4) is 0 Å². The van der Waals surface area contributed by atoms with Crippen LogP contribution in [0.5, 0.6) is 0 Å². The molecule has 6 nitrogen and oxygen atoms in total. The molecule has 0 radical (unpaired) electrons. The second-order valence-corrected chi connectivity index (χ2v) is 8.95. The van der Waals surface area contributed by atoms with Crippen molar-refractivity contribution in [1.29, 1.82) is 0 Å². The van der Waals surface area contributed by atoms with E-state index in [1.165, 1.54) is 13.0 Å². The smallest absolute Gasteiger partial charge is 0.407 e. The summed E-state index contributed by atoms with van der Waals surface area (Å²) in [4.78, 5) is 23.9. The van der Waals surface area contributed by atoms with Gasteiger partial charge in [0.25, 0.3) is 0 Å². The quantitative estimate of drug-likeness (QED) is 0.576. The van der Waals surface area contributed by atoms with Gasteiger partial charge in [-0.05, 0) is 57.7 Å². The van der Waals surface area contributed by atoms with E-state index in [9.17, 15) is 24.2 Å². The summed E-state index contributed by atoms with van der Waals surface area (Å²) < 4.78 is 19.3. The van der Waals surface area contributed by atoms with Crippen LogP contribution in [0.15, 0.2) is 48.5 Å². The molecule has 168 valence electrons. The summed E-state index contributed by atoms with van der Waals surface area (Å²) in [6, 6.07) is 13.0. The molecule has 3 N–H and O–H groups in total. The van der Waals surface area contributed by atoms with Crippen molar-refractivity contribution in [3.8, 4) is 11.1 Å². The molecule has 0 aliphatic carbocycles. The van der Waals surface area contributed by atoms with Crippen molar-refractivity contribution in [2.75, 3.05) is 6.61 Å². The van der Waals surface area contributed by atoms with E-state index in [1.54, 1.807) is 51.1 Å². The highest BCUT2D eigenvalue weighted by Gasteiger charge is 2.36. The Morgan fingerprint density at radius 2 is 1.68 bits per heavy atom. The lowest BCUT2D eigenvalue weighted by Gasteiger charge is -2.29. The minimum Gasteiger partial charge on any atom is -0.481 e. The van der Waals surface area contributed by atoms with Gasteiger partial charge < -0.3 is 20.3 Å². The zero-order valence-corrected chi connectivity index (χ0v) is 18.3. The van der Waals surface area contributed by atoms with E-state index in [-0.39, 0.29) is 12.2 Å².